The summed E-state index contributed by atoms with van der Waals surface area (Å²) in [5.41, 5.74) is 8.26. The van der Waals surface area contributed by atoms with Gasteiger partial charge in [-0.3, -0.25) is 4.79 Å². The second-order valence-corrected chi connectivity index (χ2v) is 10.5. The van der Waals surface area contributed by atoms with Crippen LogP contribution in [-0.2, 0) is 33.3 Å². The van der Waals surface area contributed by atoms with Crippen LogP contribution in [0.15, 0.2) is 71.1 Å². The highest BCUT2D eigenvalue weighted by Crippen LogP contribution is 2.37. The van der Waals surface area contributed by atoms with Crippen molar-refractivity contribution in [1.82, 2.24) is 4.98 Å². The average molecular weight is 611 g/mol. The zero-order chi connectivity index (χ0) is 32.0. The van der Waals surface area contributed by atoms with Crippen LogP contribution in [0.25, 0.3) is 22.6 Å². The van der Waals surface area contributed by atoms with Crippen molar-refractivity contribution in [2.75, 3.05) is 6.61 Å². The van der Waals surface area contributed by atoms with Crippen LogP contribution in [0.4, 0.5) is 13.2 Å². The highest BCUT2D eigenvalue weighted by molar-refractivity contribution is 5.78. The summed E-state index contributed by atoms with van der Waals surface area (Å²) < 4.78 is 57.4. The molecule has 4 rings (SSSR count). The second kappa shape index (κ2) is 13.8. The Labute approximate surface area is 252 Å². The average Bonchev–Trinajstić information content (AvgIpc) is 3.35. The minimum Gasteiger partial charge on any atom is -0.493 e. The summed E-state index contributed by atoms with van der Waals surface area (Å²) in [6.07, 6.45) is -4.40. The Hall–Kier alpha value is -4.64. The Bertz CT molecular complexity index is 1610. The number of carboxylic acid groups (broad SMARTS) is 1. The SMILES string of the molecule is Cc1oc(-c2ccc(-c3ccccc3C(F)(F)F)cc2)nc1CCOc1ccc(CCC(=O)O)c(C(N)C(=O)OC(C)C)c1. The highest BCUT2D eigenvalue weighted by Gasteiger charge is 2.33. The van der Waals surface area contributed by atoms with Gasteiger partial charge in [-0.25, -0.2) is 9.78 Å². The van der Waals surface area contributed by atoms with Crippen LogP contribution in [0, 0.1) is 6.92 Å². The van der Waals surface area contributed by atoms with Crippen LogP contribution in [0.2, 0.25) is 0 Å². The van der Waals surface area contributed by atoms with Crippen molar-refractivity contribution < 1.29 is 41.8 Å². The Kier molecular flexibility index (Phi) is 10.1. The Balaban J connectivity index is 1.45. The van der Waals surface area contributed by atoms with Crippen LogP contribution in [-0.4, -0.2) is 34.7 Å². The van der Waals surface area contributed by atoms with Gasteiger partial charge in [0.15, 0.2) is 0 Å². The zero-order valence-electron chi connectivity index (χ0n) is 24.5. The molecule has 0 bridgehead atoms. The monoisotopic (exact) mass is 610 g/mol. The molecule has 232 valence electrons. The van der Waals surface area contributed by atoms with Gasteiger partial charge in [0.1, 0.15) is 17.6 Å². The number of benzene rings is 3. The molecule has 0 aliphatic heterocycles. The minimum atomic E-state index is -4.47. The molecule has 3 N–H and O–H groups in total. The number of nitrogens with zero attached hydrogens (tertiary/aromatic N) is 1. The number of rotatable bonds is 12. The summed E-state index contributed by atoms with van der Waals surface area (Å²) in [7, 11) is 0. The van der Waals surface area contributed by atoms with Gasteiger partial charge in [-0.2, -0.15) is 13.2 Å². The molecule has 0 aliphatic rings. The Morgan fingerprint density at radius 2 is 1.68 bits per heavy atom. The number of oxazole rings is 1. The number of aryl methyl sites for hydroxylation is 2. The van der Waals surface area contributed by atoms with Crippen LogP contribution in [0.5, 0.6) is 5.75 Å². The van der Waals surface area contributed by atoms with E-state index in [1.807, 2.05) is 0 Å². The molecular weight excluding hydrogens is 577 g/mol. The van der Waals surface area contributed by atoms with Crippen molar-refractivity contribution in [3.8, 4) is 28.3 Å². The lowest BCUT2D eigenvalue weighted by molar-refractivity contribution is -0.149. The molecule has 4 aromatic rings. The van der Waals surface area contributed by atoms with Crippen molar-refractivity contribution >= 4 is 11.9 Å². The minimum absolute atomic E-state index is 0.0869. The summed E-state index contributed by atoms with van der Waals surface area (Å²) in [5, 5.41) is 9.11. The molecule has 1 unspecified atom stereocenters. The molecule has 0 aliphatic carbocycles. The molecule has 1 aromatic heterocycles. The van der Waals surface area contributed by atoms with Crippen LogP contribution < -0.4 is 10.5 Å². The van der Waals surface area contributed by atoms with E-state index in [2.05, 4.69) is 4.98 Å². The van der Waals surface area contributed by atoms with Gasteiger partial charge in [0.25, 0.3) is 0 Å². The maximum absolute atomic E-state index is 13.5. The number of nitrogens with two attached hydrogens (primary N) is 1. The van der Waals surface area contributed by atoms with E-state index in [4.69, 9.17) is 24.7 Å². The number of carboxylic acids is 1. The summed E-state index contributed by atoms with van der Waals surface area (Å²) in [4.78, 5) is 28.2. The lowest BCUT2D eigenvalue weighted by atomic mass is 9.97. The van der Waals surface area contributed by atoms with Crippen molar-refractivity contribution in [2.45, 2.75) is 58.4 Å². The molecule has 8 nitrogen and oxygen atoms in total. The number of aromatic nitrogens is 1. The number of esters is 1. The topological polar surface area (TPSA) is 125 Å². The third-order valence-corrected chi connectivity index (χ3v) is 6.84. The molecule has 0 saturated heterocycles. The molecule has 0 saturated carbocycles. The molecule has 1 atom stereocenters. The summed E-state index contributed by atoms with van der Waals surface area (Å²) in [6, 6.07) is 15.8. The van der Waals surface area contributed by atoms with E-state index in [0.717, 1.165) is 6.07 Å². The smallest absolute Gasteiger partial charge is 0.417 e. The first-order valence-electron chi connectivity index (χ1n) is 14.0. The van der Waals surface area contributed by atoms with Gasteiger partial charge in [-0.15, -0.1) is 0 Å². The largest absolute Gasteiger partial charge is 0.493 e. The van der Waals surface area contributed by atoms with Gasteiger partial charge in [-0.1, -0.05) is 36.4 Å². The first kappa shape index (κ1) is 32.3. The van der Waals surface area contributed by atoms with Gasteiger partial charge in [0.05, 0.1) is 24.0 Å². The molecular formula is C33H33F3N2O6. The molecule has 0 spiro atoms. The first-order chi connectivity index (χ1) is 20.8. The third kappa shape index (κ3) is 8.04. The molecule has 0 radical (unpaired) electrons. The lowest BCUT2D eigenvalue weighted by Gasteiger charge is -2.18. The van der Waals surface area contributed by atoms with E-state index >= 15 is 0 Å². The van der Waals surface area contributed by atoms with Gasteiger partial charge in [-0.05, 0) is 79.8 Å². The third-order valence-electron chi connectivity index (χ3n) is 6.84. The summed E-state index contributed by atoms with van der Waals surface area (Å²) in [5.74, 6) is -0.272. The fraction of sp³-hybridized carbons (Fsp3) is 0.303. The quantitative estimate of drug-likeness (QED) is 0.166. The van der Waals surface area contributed by atoms with Gasteiger partial charge < -0.3 is 24.7 Å². The molecule has 3 aromatic carbocycles. The standard InChI is InChI=1S/C33H33F3N2O6/c1-19(2)43-32(41)30(37)26-18-24(14-12-22(26)13-15-29(39)40)42-17-16-28-20(3)44-31(38-28)23-10-8-21(9-11-23)25-6-4-5-7-27(25)33(34,35)36/h4-12,14,18-19,30H,13,15-17,37H2,1-3H3,(H,39,40). The molecule has 44 heavy (non-hydrogen) atoms. The molecule has 11 heteroatoms. The van der Waals surface area contributed by atoms with E-state index in [1.165, 1.54) is 12.1 Å². The van der Waals surface area contributed by atoms with E-state index < -0.39 is 29.7 Å². The summed E-state index contributed by atoms with van der Waals surface area (Å²) >= 11 is 0. The number of hydrogen-bond donors (Lipinski definition) is 2. The number of carbonyl (C=O) groups excluding carboxylic acids is 1. The molecule has 1 heterocycles. The van der Waals surface area contributed by atoms with Crippen LogP contribution in [0.3, 0.4) is 0 Å². The number of aliphatic carboxylic acids is 1. The van der Waals surface area contributed by atoms with E-state index in [-0.39, 0.29) is 31.1 Å². The highest BCUT2D eigenvalue weighted by atomic mass is 19.4. The fourth-order valence-corrected chi connectivity index (χ4v) is 4.68. The first-order valence-corrected chi connectivity index (χ1v) is 14.0. The number of hydrogen-bond acceptors (Lipinski definition) is 7. The van der Waals surface area contributed by atoms with Crippen LogP contribution >= 0.6 is 0 Å². The maximum Gasteiger partial charge on any atom is 0.417 e. The summed E-state index contributed by atoms with van der Waals surface area (Å²) in [6.45, 7) is 5.38. The molecule has 0 amide bonds. The van der Waals surface area contributed by atoms with Crippen molar-refractivity contribution in [3.05, 3.63) is 94.9 Å². The maximum atomic E-state index is 13.5. The number of halogens is 3. The van der Waals surface area contributed by atoms with Crippen molar-refractivity contribution in [1.29, 1.82) is 0 Å². The normalized spacial score (nSPS) is 12.3. The second-order valence-electron chi connectivity index (χ2n) is 10.5. The Morgan fingerprint density at radius 3 is 2.34 bits per heavy atom. The predicted octanol–water partition coefficient (Wildman–Crippen LogP) is 6.93. The number of alkyl halides is 3. The van der Waals surface area contributed by atoms with Gasteiger partial charge >= 0.3 is 18.1 Å². The van der Waals surface area contributed by atoms with Crippen molar-refractivity contribution in [2.24, 2.45) is 5.73 Å². The van der Waals surface area contributed by atoms with Crippen molar-refractivity contribution in [3.63, 3.8) is 0 Å². The van der Waals surface area contributed by atoms with Gasteiger partial charge in [0, 0.05) is 18.4 Å². The number of ether oxygens (including phenoxy) is 2. The fourth-order valence-electron chi connectivity index (χ4n) is 4.68. The number of carbonyl (C=O) groups is 2. The molecule has 0 fully saturated rings. The Morgan fingerprint density at radius 1 is 1.00 bits per heavy atom. The lowest BCUT2D eigenvalue weighted by Crippen LogP contribution is -2.27. The van der Waals surface area contributed by atoms with E-state index in [9.17, 15) is 22.8 Å². The van der Waals surface area contributed by atoms with Gasteiger partial charge in [0.2, 0.25) is 5.89 Å². The zero-order valence-corrected chi connectivity index (χ0v) is 24.5. The van der Waals surface area contributed by atoms with E-state index in [1.54, 1.807) is 69.3 Å². The predicted molar refractivity (Wildman–Crippen MR) is 157 cm³/mol. The van der Waals surface area contributed by atoms with Crippen LogP contribution in [0.1, 0.15) is 54.5 Å². The van der Waals surface area contributed by atoms with E-state index in [0.29, 0.717) is 51.8 Å².